The lowest BCUT2D eigenvalue weighted by atomic mass is 10.1. The summed E-state index contributed by atoms with van der Waals surface area (Å²) in [5, 5.41) is 3.44. The molecule has 1 atom stereocenters. The normalized spacial score (nSPS) is 17.6. The highest BCUT2D eigenvalue weighted by Gasteiger charge is 2.24. The number of nitrogens with one attached hydrogen (secondary N) is 1. The molecule has 1 aromatic carbocycles. The number of guanidine groups is 1. The molecule has 1 aliphatic heterocycles. The summed E-state index contributed by atoms with van der Waals surface area (Å²) in [5.41, 5.74) is 1.29. The van der Waals surface area contributed by atoms with E-state index in [4.69, 9.17) is 14.5 Å². The van der Waals surface area contributed by atoms with E-state index >= 15 is 0 Å². The molecule has 1 saturated heterocycles. The SMILES string of the molecule is CCNC(=NCCc1ccc(OCC(C)C)cc1)N1CCC(COCC)C1. The Morgan fingerprint density at radius 2 is 2.04 bits per heavy atom. The zero-order valence-corrected chi connectivity index (χ0v) is 17.5. The molecule has 0 spiro atoms. The smallest absolute Gasteiger partial charge is 0.193 e. The summed E-state index contributed by atoms with van der Waals surface area (Å²) in [6.07, 6.45) is 2.12. The predicted molar refractivity (Wildman–Crippen MR) is 113 cm³/mol. The van der Waals surface area contributed by atoms with Crippen LogP contribution >= 0.6 is 0 Å². The molecule has 0 bridgehead atoms. The van der Waals surface area contributed by atoms with Crippen molar-refractivity contribution in [2.24, 2.45) is 16.8 Å². The van der Waals surface area contributed by atoms with Crippen LogP contribution in [-0.4, -0.2) is 56.9 Å². The minimum atomic E-state index is 0.544. The molecule has 0 amide bonds. The highest BCUT2D eigenvalue weighted by Crippen LogP contribution is 2.17. The Balaban J connectivity index is 1.82. The zero-order valence-electron chi connectivity index (χ0n) is 17.5. The van der Waals surface area contributed by atoms with Gasteiger partial charge >= 0.3 is 0 Å². The number of benzene rings is 1. The molecule has 1 N–H and O–H groups in total. The van der Waals surface area contributed by atoms with Crippen LogP contribution in [0.3, 0.4) is 0 Å². The van der Waals surface area contributed by atoms with Gasteiger partial charge in [0, 0.05) is 38.7 Å². The second-order valence-electron chi connectivity index (χ2n) is 7.59. The van der Waals surface area contributed by atoms with Crippen LogP contribution in [0.4, 0.5) is 0 Å². The fraction of sp³-hybridized carbons (Fsp3) is 0.682. The lowest BCUT2D eigenvalue weighted by Crippen LogP contribution is -2.40. The Kier molecular flexibility index (Phi) is 9.46. The highest BCUT2D eigenvalue weighted by atomic mass is 16.5. The van der Waals surface area contributed by atoms with Crippen LogP contribution in [0, 0.1) is 11.8 Å². The van der Waals surface area contributed by atoms with E-state index in [2.05, 4.69) is 62.2 Å². The average molecular weight is 376 g/mol. The maximum Gasteiger partial charge on any atom is 0.193 e. The van der Waals surface area contributed by atoms with Gasteiger partial charge in [-0.25, -0.2) is 0 Å². The van der Waals surface area contributed by atoms with Crippen molar-refractivity contribution in [2.75, 3.05) is 46.0 Å². The van der Waals surface area contributed by atoms with Crippen LogP contribution in [0.15, 0.2) is 29.3 Å². The number of nitrogens with zero attached hydrogens (tertiary/aromatic N) is 2. The summed E-state index contributed by atoms with van der Waals surface area (Å²) in [7, 11) is 0. The molecule has 1 fully saturated rings. The van der Waals surface area contributed by atoms with Crippen LogP contribution in [0.5, 0.6) is 5.75 Å². The van der Waals surface area contributed by atoms with Gasteiger partial charge in [0.1, 0.15) is 5.75 Å². The fourth-order valence-electron chi connectivity index (χ4n) is 3.18. The van der Waals surface area contributed by atoms with E-state index in [-0.39, 0.29) is 0 Å². The lowest BCUT2D eigenvalue weighted by molar-refractivity contribution is 0.114. The maximum atomic E-state index is 5.75. The van der Waals surface area contributed by atoms with Crippen LogP contribution in [-0.2, 0) is 11.2 Å². The van der Waals surface area contributed by atoms with Gasteiger partial charge in [-0.05, 0) is 50.3 Å². The van der Waals surface area contributed by atoms with E-state index in [1.54, 1.807) is 0 Å². The van der Waals surface area contributed by atoms with Crippen LogP contribution in [0.25, 0.3) is 0 Å². The number of rotatable bonds is 10. The van der Waals surface area contributed by atoms with Crippen molar-refractivity contribution in [3.8, 4) is 5.75 Å². The second-order valence-corrected chi connectivity index (χ2v) is 7.59. The van der Waals surface area contributed by atoms with Crippen molar-refractivity contribution in [3.05, 3.63) is 29.8 Å². The molecule has 0 aromatic heterocycles. The Morgan fingerprint density at radius 3 is 2.70 bits per heavy atom. The molecule has 5 heteroatoms. The first kappa shape index (κ1) is 21.5. The van der Waals surface area contributed by atoms with Gasteiger partial charge in [-0.2, -0.15) is 0 Å². The van der Waals surface area contributed by atoms with Crippen molar-refractivity contribution in [2.45, 2.75) is 40.5 Å². The number of aliphatic imine (C=N–C) groups is 1. The third-order valence-electron chi connectivity index (χ3n) is 4.65. The molecule has 5 nitrogen and oxygen atoms in total. The summed E-state index contributed by atoms with van der Waals surface area (Å²) in [6.45, 7) is 14.7. The minimum absolute atomic E-state index is 0.544. The van der Waals surface area contributed by atoms with E-state index in [9.17, 15) is 0 Å². The van der Waals surface area contributed by atoms with Crippen molar-refractivity contribution in [3.63, 3.8) is 0 Å². The third kappa shape index (κ3) is 7.79. The zero-order chi connectivity index (χ0) is 19.5. The largest absolute Gasteiger partial charge is 0.493 e. The predicted octanol–water partition coefficient (Wildman–Crippen LogP) is 3.59. The molecular weight excluding hydrogens is 338 g/mol. The molecule has 27 heavy (non-hydrogen) atoms. The molecule has 0 saturated carbocycles. The maximum absolute atomic E-state index is 5.75. The van der Waals surface area contributed by atoms with Crippen LogP contribution in [0.2, 0.25) is 0 Å². The number of hydrogen-bond acceptors (Lipinski definition) is 3. The summed E-state index contributed by atoms with van der Waals surface area (Å²) in [6, 6.07) is 8.41. The van der Waals surface area contributed by atoms with Gasteiger partial charge in [-0.1, -0.05) is 26.0 Å². The second kappa shape index (κ2) is 11.9. The lowest BCUT2D eigenvalue weighted by Gasteiger charge is -2.21. The molecule has 1 aliphatic rings. The van der Waals surface area contributed by atoms with Crippen molar-refractivity contribution >= 4 is 5.96 Å². The monoisotopic (exact) mass is 375 g/mol. The minimum Gasteiger partial charge on any atom is -0.493 e. The molecule has 1 aromatic rings. The number of likely N-dealkylation sites (tertiary alicyclic amines) is 1. The van der Waals surface area contributed by atoms with Gasteiger partial charge < -0.3 is 19.7 Å². The Labute approximate surface area is 165 Å². The van der Waals surface area contributed by atoms with Crippen LogP contribution in [0.1, 0.15) is 39.7 Å². The van der Waals surface area contributed by atoms with Crippen molar-refractivity contribution < 1.29 is 9.47 Å². The highest BCUT2D eigenvalue weighted by molar-refractivity contribution is 5.80. The quantitative estimate of drug-likeness (QED) is 0.501. The van der Waals surface area contributed by atoms with Crippen molar-refractivity contribution in [1.82, 2.24) is 10.2 Å². The van der Waals surface area contributed by atoms with Crippen molar-refractivity contribution in [1.29, 1.82) is 0 Å². The molecule has 1 heterocycles. The van der Waals surface area contributed by atoms with Gasteiger partial charge in [-0.15, -0.1) is 0 Å². The Bertz CT molecular complexity index is 557. The third-order valence-corrected chi connectivity index (χ3v) is 4.65. The van der Waals surface area contributed by atoms with Gasteiger partial charge in [0.15, 0.2) is 5.96 Å². The molecule has 2 rings (SSSR count). The van der Waals surface area contributed by atoms with Crippen LogP contribution < -0.4 is 10.1 Å². The first-order chi connectivity index (χ1) is 13.1. The number of ether oxygens (including phenoxy) is 2. The first-order valence-corrected chi connectivity index (χ1v) is 10.4. The van der Waals surface area contributed by atoms with Gasteiger partial charge in [-0.3, -0.25) is 4.99 Å². The molecule has 0 aliphatic carbocycles. The van der Waals surface area contributed by atoms with Gasteiger partial charge in [0.05, 0.1) is 13.2 Å². The average Bonchev–Trinajstić information content (AvgIpc) is 3.14. The Morgan fingerprint density at radius 1 is 1.26 bits per heavy atom. The molecular formula is C22H37N3O2. The van der Waals surface area contributed by atoms with E-state index in [1.165, 1.54) is 12.0 Å². The van der Waals surface area contributed by atoms with E-state index in [0.717, 1.165) is 64.1 Å². The molecule has 0 radical (unpaired) electrons. The van der Waals surface area contributed by atoms with Gasteiger partial charge in [0.25, 0.3) is 0 Å². The van der Waals surface area contributed by atoms with E-state index in [0.29, 0.717) is 11.8 Å². The van der Waals surface area contributed by atoms with E-state index in [1.807, 2.05) is 0 Å². The van der Waals surface area contributed by atoms with Gasteiger partial charge in [0.2, 0.25) is 0 Å². The van der Waals surface area contributed by atoms with E-state index < -0.39 is 0 Å². The topological polar surface area (TPSA) is 46.1 Å². The molecule has 1 unspecified atom stereocenters. The Hall–Kier alpha value is -1.75. The number of hydrogen-bond donors (Lipinski definition) is 1. The summed E-state index contributed by atoms with van der Waals surface area (Å²) >= 11 is 0. The summed E-state index contributed by atoms with van der Waals surface area (Å²) in [4.78, 5) is 7.22. The standard InChI is InChI=1S/C22H37N3O2/c1-5-23-22(25-14-12-20(15-25)17-26-6-2)24-13-11-19-7-9-21(10-8-19)27-16-18(3)4/h7-10,18,20H,5-6,11-17H2,1-4H3,(H,23,24). The summed E-state index contributed by atoms with van der Waals surface area (Å²) < 4.78 is 11.3. The summed E-state index contributed by atoms with van der Waals surface area (Å²) in [5.74, 6) is 3.14. The first-order valence-electron chi connectivity index (χ1n) is 10.4. The fourth-order valence-corrected chi connectivity index (χ4v) is 3.18. The molecule has 152 valence electrons.